The first kappa shape index (κ1) is 15.3. The van der Waals surface area contributed by atoms with E-state index in [1.165, 1.54) is 6.07 Å². The first-order valence-electron chi connectivity index (χ1n) is 6.19. The number of rotatable bonds is 3. The Morgan fingerprint density at radius 3 is 2.65 bits per heavy atom. The molecule has 2 heterocycles. The van der Waals surface area contributed by atoms with E-state index in [2.05, 4.69) is 10.2 Å². The molecule has 0 saturated heterocycles. The van der Waals surface area contributed by atoms with Crippen molar-refractivity contribution in [3.8, 4) is 0 Å². The summed E-state index contributed by atoms with van der Waals surface area (Å²) in [6.07, 6.45) is -3.14. The monoisotopic (exact) mass is 340 g/mol. The Kier molecular flexibility index (Phi) is 3.68. The number of hydrogen-bond acceptors (Lipinski definition) is 5. The maximum absolute atomic E-state index is 13.0. The van der Waals surface area contributed by atoms with Gasteiger partial charge < -0.3 is 0 Å². The molecule has 0 bridgehead atoms. The molecule has 0 atom stereocenters. The SMILES string of the molecule is O=[N+]([O-])c1ccc(Sc2nnc3ccccn23)cc1C(F)(F)F. The third-order valence-corrected chi connectivity index (χ3v) is 3.91. The Hall–Kier alpha value is -2.62. The lowest BCUT2D eigenvalue weighted by molar-refractivity contribution is -0.388. The van der Waals surface area contributed by atoms with Gasteiger partial charge in [-0.25, -0.2) is 0 Å². The lowest BCUT2D eigenvalue weighted by atomic mass is 10.2. The molecule has 2 aromatic heterocycles. The number of nitrogens with zero attached hydrogens (tertiary/aromatic N) is 4. The summed E-state index contributed by atoms with van der Waals surface area (Å²) >= 11 is 0.941. The second kappa shape index (κ2) is 5.54. The van der Waals surface area contributed by atoms with Crippen LogP contribution in [0.25, 0.3) is 5.65 Å². The van der Waals surface area contributed by atoms with Crippen LogP contribution in [0.4, 0.5) is 18.9 Å². The molecule has 0 unspecified atom stereocenters. The molecular weight excluding hydrogens is 333 g/mol. The Balaban J connectivity index is 2.02. The van der Waals surface area contributed by atoms with Crippen LogP contribution in [-0.2, 0) is 6.18 Å². The number of nitro benzene ring substituents is 1. The molecule has 0 aliphatic rings. The average Bonchev–Trinajstić information content (AvgIpc) is 2.89. The van der Waals surface area contributed by atoms with E-state index in [0.29, 0.717) is 10.8 Å². The fraction of sp³-hybridized carbons (Fsp3) is 0.0769. The van der Waals surface area contributed by atoms with Crippen LogP contribution in [0, 0.1) is 10.1 Å². The molecule has 10 heteroatoms. The van der Waals surface area contributed by atoms with Crippen molar-refractivity contribution in [3.63, 3.8) is 0 Å². The average molecular weight is 340 g/mol. The second-order valence-corrected chi connectivity index (χ2v) is 5.49. The van der Waals surface area contributed by atoms with Gasteiger partial charge in [-0.3, -0.25) is 14.5 Å². The number of pyridine rings is 1. The molecule has 0 aliphatic carbocycles. The zero-order valence-electron chi connectivity index (χ0n) is 11.2. The highest BCUT2D eigenvalue weighted by Crippen LogP contribution is 2.39. The third-order valence-electron chi connectivity index (χ3n) is 2.96. The second-order valence-electron chi connectivity index (χ2n) is 4.45. The summed E-state index contributed by atoms with van der Waals surface area (Å²) in [5.41, 5.74) is -1.72. The number of aromatic nitrogens is 3. The topological polar surface area (TPSA) is 73.3 Å². The van der Waals surface area contributed by atoms with Gasteiger partial charge in [0.15, 0.2) is 10.8 Å². The minimum absolute atomic E-state index is 0.182. The van der Waals surface area contributed by atoms with Gasteiger partial charge in [0.25, 0.3) is 5.69 Å². The summed E-state index contributed by atoms with van der Waals surface area (Å²) in [4.78, 5) is 9.87. The molecule has 3 rings (SSSR count). The summed E-state index contributed by atoms with van der Waals surface area (Å²) < 4.78 is 40.5. The number of nitro groups is 1. The molecule has 3 aromatic rings. The van der Waals surface area contributed by atoms with Gasteiger partial charge in [0.2, 0.25) is 0 Å². The highest BCUT2D eigenvalue weighted by molar-refractivity contribution is 7.99. The van der Waals surface area contributed by atoms with Crippen molar-refractivity contribution in [2.24, 2.45) is 0 Å². The van der Waals surface area contributed by atoms with Crippen molar-refractivity contribution in [1.82, 2.24) is 14.6 Å². The third kappa shape index (κ3) is 2.97. The number of hydrogen-bond donors (Lipinski definition) is 0. The molecule has 1 aromatic carbocycles. The summed E-state index contributed by atoms with van der Waals surface area (Å²) in [6.45, 7) is 0. The van der Waals surface area contributed by atoms with E-state index in [-0.39, 0.29) is 4.90 Å². The molecule has 0 N–H and O–H groups in total. The Morgan fingerprint density at radius 2 is 1.96 bits per heavy atom. The fourth-order valence-corrected chi connectivity index (χ4v) is 2.82. The van der Waals surface area contributed by atoms with Crippen LogP contribution in [-0.4, -0.2) is 19.5 Å². The van der Waals surface area contributed by atoms with Crippen molar-refractivity contribution in [2.75, 3.05) is 0 Å². The Labute approximate surface area is 131 Å². The molecule has 6 nitrogen and oxygen atoms in total. The van der Waals surface area contributed by atoms with Crippen molar-refractivity contribution in [2.45, 2.75) is 16.2 Å². The molecule has 0 radical (unpaired) electrons. The summed E-state index contributed by atoms with van der Waals surface area (Å²) in [5, 5.41) is 18.9. The maximum atomic E-state index is 13.0. The van der Waals surface area contributed by atoms with E-state index >= 15 is 0 Å². The van der Waals surface area contributed by atoms with Gasteiger partial charge in [-0.1, -0.05) is 6.07 Å². The first-order valence-corrected chi connectivity index (χ1v) is 7.01. The van der Waals surface area contributed by atoms with Crippen LogP contribution in [0.5, 0.6) is 0 Å². The minimum atomic E-state index is -4.81. The number of alkyl halides is 3. The Bertz CT molecular complexity index is 894. The molecule has 118 valence electrons. The van der Waals surface area contributed by atoms with Crippen molar-refractivity contribution < 1.29 is 18.1 Å². The van der Waals surface area contributed by atoms with E-state index in [1.807, 2.05) is 0 Å². The molecule has 0 spiro atoms. The number of fused-ring (bicyclic) bond motifs is 1. The molecule has 23 heavy (non-hydrogen) atoms. The van der Waals surface area contributed by atoms with E-state index in [9.17, 15) is 23.3 Å². The predicted molar refractivity (Wildman–Crippen MR) is 75.2 cm³/mol. The van der Waals surface area contributed by atoms with Crippen LogP contribution in [0.1, 0.15) is 5.56 Å². The van der Waals surface area contributed by atoms with Crippen molar-refractivity contribution in [3.05, 3.63) is 58.3 Å². The van der Waals surface area contributed by atoms with Gasteiger partial charge in [-0.2, -0.15) is 13.2 Å². The molecule has 0 saturated carbocycles. The van der Waals surface area contributed by atoms with E-state index in [0.717, 1.165) is 23.9 Å². The normalized spacial score (nSPS) is 11.8. The lowest BCUT2D eigenvalue weighted by Gasteiger charge is -2.09. The summed E-state index contributed by atoms with van der Waals surface area (Å²) in [7, 11) is 0. The zero-order chi connectivity index (χ0) is 16.6. The molecule has 0 aliphatic heterocycles. The molecule has 0 amide bonds. The van der Waals surface area contributed by atoms with Crippen LogP contribution < -0.4 is 0 Å². The van der Waals surface area contributed by atoms with Gasteiger partial charge >= 0.3 is 6.18 Å². The van der Waals surface area contributed by atoms with Gasteiger partial charge in [0, 0.05) is 17.2 Å². The zero-order valence-corrected chi connectivity index (χ0v) is 12.0. The predicted octanol–water partition coefficient (Wildman–Crippen LogP) is 3.81. The quantitative estimate of drug-likeness (QED) is 0.535. The number of halogens is 3. The highest BCUT2D eigenvalue weighted by Gasteiger charge is 2.38. The lowest BCUT2D eigenvalue weighted by Crippen LogP contribution is -2.09. The van der Waals surface area contributed by atoms with Crippen LogP contribution >= 0.6 is 11.8 Å². The van der Waals surface area contributed by atoms with E-state index < -0.39 is 22.4 Å². The van der Waals surface area contributed by atoms with Crippen molar-refractivity contribution in [1.29, 1.82) is 0 Å². The highest BCUT2D eigenvalue weighted by atomic mass is 32.2. The smallest absolute Gasteiger partial charge is 0.277 e. The molecular formula is C13H7F3N4O2S. The minimum Gasteiger partial charge on any atom is -0.277 e. The van der Waals surface area contributed by atoms with Gasteiger partial charge in [0.1, 0.15) is 5.56 Å². The van der Waals surface area contributed by atoms with Gasteiger partial charge in [-0.15, -0.1) is 10.2 Å². The fourth-order valence-electron chi connectivity index (χ4n) is 1.96. The standard InChI is InChI=1S/C13H7F3N4O2S/c14-13(15,16)9-7-8(4-5-10(9)20(21)22)23-12-18-17-11-3-1-2-6-19(11)12/h1-7H. The largest absolute Gasteiger partial charge is 0.423 e. The van der Waals surface area contributed by atoms with Crippen LogP contribution in [0.3, 0.4) is 0 Å². The van der Waals surface area contributed by atoms with E-state index in [4.69, 9.17) is 0 Å². The van der Waals surface area contributed by atoms with E-state index in [1.54, 1.807) is 28.8 Å². The van der Waals surface area contributed by atoms with Crippen LogP contribution in [0.2, 0.25) is 0 Å². The summed E-state index contributed by atoms with van der Waals surface area (Å²) in [6, 6.07) is 8.03. The first-order chi connectivity index (χ1) is 10.9. The molecule has 0 fully saturated rings. The maximum Gasteiger partial charge on any atom is 0.423 e. The number of benzene rings is 1. The van der Waals surface area contributed by atoms with Crippen LogP contribution in [0.15, 0.2) is 52.6 Å². The Morgan fingerprint density at radius 1 is 1.17 bits per heavy atom. The van der Waals surface area contributed by atoms with Gasteiger partial charge in [-0.05, 0) is 36.0 Å². The summed E-state index contributed by atoms with van der Waals surface area (Å²) in [5.74, 6) is 0. The van der Waals surface area contributed by atoms with Crippen molar-refractivity contribution >= 4 is 23.1 Å². The van der Waals surface area contributed by atoms with Gasteiger partial charge in [0.05, 0.1) is 4.92 Å².